The Balaban J connectivity index is 1.54. The number of nitrogens with zero attached hydrogens (tertiary/aromatic N) is 1. The molecule has 0 aliphatic rings. The van der Waals surface area contributed by atoms with Crippen LogP contribution in [0.3, 0.4) is 0 Å². The van der Waals surface area contributed by atoms with Crippen molar-refractivity contribution in [3.05, 3.63) is 71.5 Å². The van der Waals surface area contributed by atoms with E-state index in [-0.39, 0.29) is 11.7 Å². The fourth-order valence-corrected chi connectivity index (χ4v) is 2.84. The molecule has 23 heavy (non-hydrogen) atoms. The lowest BCUT2D eigenvalue weighted by molar-refractivity contribution is -0.116. The van der Waals surface area contributed by atoms with Gasteiger partial charge in [-0.1, -0.05) is 12.1 Å². The van der Waals surface area contributed by atoms with Crippen molar-refractivity contribution in [1.29, 1.82) is 0 Å². The van der Waals surface area contributed by atoms with Crippen LogP contribution in [0.5, 0.6) is 0 Å². The third kappa shape index (κ3) is 4.23. The summed E-state index contributed by atoms with van der Waals surface area (Å²) >= 11 is 1.58. The van der Waals surface area contributed by atoms with Gasteiger partial charge in [0.2, 0.25) is 5.91 Å². The van der Waals surface area contributed by atoms with Gasteiger partial charge in [-0.3, -0.25) is 4.79 Å². The van der Waals surface area contributed by atoms with Gasteiger partial charge in [0.25, 0.3) is 0 Å². The number of carbonyl (C=O) groups is 1. The van der Waals surface area contributed by atoms with Crippen molar-refractivity contribution in [1.82, 2.24) is 4.98 Å². The molecule has 1 N–H and O–H groups in total. The lowest BCUT2D eigenvalue weighted by Gasteiger charge is -2.06. The molecule has 0 saturated carbocycles. The van der Waals surface area contributed by atoms with Crippen molar-refractivity contribution < 1.29 is 9.18 Å². The van der Waals surface area contributed by atoms with Gasteiger partial charge in [-0.15, -0.1) is 11.3 Å². The number of aryl methyl sites for hydroxylation is 1. The van der Waals surface area contributed by atoms with E-state index in [0.29, 0.717) is 12.8 Å². The summed E-state index contributed by atoms with van der Waals surface area (Å²) in [6.45, 7) is 0. The van der Waals surface area contributed by atoms with Crippen LogP contribution in [-0.2, 0) is 11.2 Å². The molecular formula is C18H15FN2OS. The first-order valence-corrected chi connectivity index (χ1v) is 8.13. The fourth-order valence-electron chi connectivity index (χ4n) is 2.19. The normalized spacial score (nSPS) is 10.5. The molecule has 2 aromatic carbocycles. The number of aromatic nitrogens is 1. The van der Waals surface area contributed by atoms with Crippen molar-refractivity contribution in [3.8, 4) is 10.6 Å². The zero-order valence-electron chi connectivity index (χ0n) is 12.3. The minimum Gasteiger partial charge on any atom is -0.326 e. The number of nitrogens with one attached hydrogen (secondary N) is 1. The van der Waals surface area contributed by atoms with Crippen molar-refractivity contribution >= 4 is 22.9 Å². The molecule has 3 aromatic rings. The van der Waals surface area contributed by atoms with Crippen molar-refractivity contribution in [3.63, 3.8) is 0 Å². The lowest BCUT2D eigenvalue weighted by Crippen LogP contribution is -2.12. The Morgan fingerprint density at radius 3 is 2.48 bits per heavy atom. The van der Waals surface area contributed by atoms with E-state index in [1.807, 2.05) is 29.6 Å². The molecule has 0 radical (unpaired) electrons. The lowest BCUT2D eigenvalue weighted by atomic mass is 10.1. The number of hydrogen-bond acceptors (Lipinski definition) is 3. The smallest absolute Gasteiger partial charge is 0.224 e. The second kappa shape index (κ2) is 7.15. The Labute approximate surface area is 137 Å². The van der Waals surface area contributed by atoms with Gasteiger partial charge in [-0.2, -0.15) is 0 Å². The van der Waals surface area contributed by atoms with Crippen LogP contribution in [0.4, 0.5) is 10.1 Å². The minimum atomic E-state index is -0.265. The van der Waals surface area contributed by atoms with Crippen LogP contribution in [0.15, 0.2) is 60.1 Å². The molecule has 0 aliphatic heterocycles. The number of benzene rings is 2. The van der Waals surface area contributed by atoms with Gasteiger partial charge in [0.1, 0.15) is 10.8 Å². The van der Waals surface area contributed by atoms with E-state index in [9.17, 15) is 9.18 Å². The second-order valence-electron chi connectivity index (χ2n) is 5.09. The molecule has 1 heterocycles. The van der Waals surface area contributed by atoms with Crippen LogP contribution in [0, 0.1) is 5.82 Å². The summed E-state index contributed by atoms with van der Waals surface area (Å²) in [7, 11) is 0. The largest absolute Gasteiger partial charge is 0.326 e. The van der Waals surface area contributed by atoms with Gasteiger partial charge in [0.15, 0.2) is 0 Å². The van der Waals surface area contributed by atoms with Gasteiger partial charge in [0.05, 0.1) is 0 Å². The number of rotatable bonds is 5. The maximum atomic E-state index is 12.8. The molecule has 0 atom stereocenters. The van der Waals surface area contributed by atoms with Gasteiger partial charge >= 0.3 is 0 Å². The number of anilines is 1. The highest BCUT2D eigenvalue weighted by atomic mass is 32.1. The van der Waals surface area contributed by atoms with Gasteiger partial charge in [-0.25, -0.2) is 9.37 Å². The first kappa shape index (κ1) is 15.4. The summed E-state index contributed by atoms with van der Waals surface area (Å²) in [6, 6.07) is 13.8. The minimum absolute atomic E-state index is 0.0590. The summed E-state index contributed by atoms with van der Waals surface area (Å²) in [4.78, 5) is 16.2. The van der Waals surface area contributed by atoms with E-state index >= 15 is 0 Å². The van der Waals surface area contributed by atoms with Gasteiger partial charge < -0.3 is 5.32 Å². The summed E-state index contributed by atoms with van der Waals surface area (Å²) in [6.07, 6.45) is 2.72. The first-order valence-electron chi connectivity index (χ1n) is 7.25. The van der Waals surface area contributed by atoms with E-state index in [2.05, 4.69) is 10.3 Å². The molecule has 0 spiro atoms. The van der Waals surface area contributed by atoms with Crippen molar-refractivity contribution in [2.45, 2.75) is 12.8 Å². The van der Waals surface area contributed by atoms with E-state index in [1.54, 1.807) is 29.7 Å². The summed E-state index contributed by atoms with van der Waals surface area (Å²) in [5, 5.41) is 5.75. The highest BCUT2D eigenvalue weighted by Crippen LogP contribution is 2.23. The van der Waals surface area contributed by atoms with E-state index in [0.717, 1.165) is 21.8 Å². The number of hydrogen-bond donors (Lipinski definition) is 1. The van der Waals surface area contributed by atoms with Crippen molar-refractivity contribution in [2.24, 2.45) is 0 Å². The molecule has 0 fully saturated rings. The Bertz CT molecular complexity index is 768. The molecule has 1 aromatic heterocycles. The summed E-state index contributed by atoms with van der Waals surface area (Å²) in [5.41, 5.74) is 2.74. The number of thiazole rings is 1. The van der Waals surface area contributed by atoms with Crippen LogP contribution in [0.1, 0.15) is 12.0 Å². The average molecular weight is 326 g/mol. The highest BCUT2D eigenvalue weighted by molar-refractivity contribution is 7.13. The van der Waals surface area contributed by atoms with Crippen LogP contribution < -0.4 is 5.32 Å². The third-order valence-electron chi connectivity index (χ3n) is 3.40. The van der Waals surface area contributed by atoms with E-state index in [1.165, 1.54) is 12.1 Å². The highest BCUT2D eigenvalue weighted by Gasteiger charge is 2.05. The van der Waals surface area contributed by atoms with Crippen LogP contribution >= 0.6 is 11.3 Å². The SMILES string of the molecule is O=C(CCc1ccc(F)cc1)Nc1ccc(-c2nccs2)cc1. The summed E-state index contributed by atoms with van der Waals surface area (Å²) in [5.74, 6) is -0.324. The monoisotopic (exact) mass is 326 g/mol. The van der Waals surface area contributed by atoms with Crippen LogP contribution in [0.25, 0.3) is 10.6 Å². The predicted octanol–water partition coefficient (Wildman–Crippen LogP) is 4.52. The molecule has 1 amide bonds. The topological polar surface area (TPSA) is 42.0 Å². The maximum absolute atomic E-state index is 12.8. The zero-order valence-corrected chi connectivity index (χ0v) is 13.1. The molecule has 3 nitrogen and oxygen atoms in total. The first-order chi connectivity index (χ1) is 11.2. The Morgan fingerprint density at radius 2 is 1.83 bits per heavy atom. The molecule has 3 rings (SSSR count). The molecule has 5 heteroatoms. The number of halogens is 1. The molecule has 0 unspecified atom stereocenters. The molecule has 0 saturated heterocycles. The maximum Gasteiger partial charge on any atom is 0.224 e. The zero-order chi connectivity index (χ0) is 16.1. The third-order valence-corrected chi connectivity index (χ3v) is 4.22. The van der Waals surface area contributed by atoms with E-state index in [4.69, 9.17) is 0 Å². The number of amides is 1. The number of carbonyl (C=O) groups excluding carboxylic acids is 1. The van der Waals surface area contributed by atoms with Gasteiger partial charge in [-0.05, 0) is 48.4 Å². The molecule has 0 bridgehead atoms. The molecule has 116 valence electrons. The Hall–Kier alpha value is -2.53. The van der Waals surface area contributed by atoms with Crippen LogP contribution in [-0.4, -0.2) is 10.9 Å². The second-order valence-corrected chi connectivity index (χ2v) is 5.98. The van der Waals surface area contributed by atoms with Crippen molar-refractivity contribution in [2.75, 3.05) is 5.32 Å². The standard InChI is InChI=1S/C18H15FN2OS/c19-15-6-1-13(2-7-15)3-10-17(22)21-16-8-4-14(5-9-16)18-20-11-12-23-18/h1-2,4-9,11-12H,3,10H2,(H,21,22). The Morgan fingerprint density at radius 1 is 1.09 bits per heavy atom. The summed E-state index contributed by atoms with van der Waals surface area (Å²) < 4.78 is 12.8. The Kier molecular flexibility index (Phi) is 4.78. The average Bonchev–Trinajstić information content (AvgIpc) is 3.09. The predicted molar refractivity (Wildman–Crippen MR) is 90.9 cm³/mol. The quantitative estimate of drug-likeness (QED) is 0.749. The fraction of sp³-hybridized carbons (Fsp3) is 0.111. The van der Waals surface area contributed by atoms with Crippen LogP contribution in [0.2, 0.25) is 0 Å². The molecule has 0 aliphatic carbocycles. The van der Waals surface area contributed by atoms with E-state index < -0.39 is 0 Å². The molecular weight excluding hydrogens is 311 g/mol. The van der Waals surface area contributed by atoms with Gasteiger partial charge in [0, 0.05) is 29.2 Å².